The summed E-state index contributed by atoms with van der Waals surface area (Å²) in [6, 6.07) is 5.99. The summed E-state index contributed by atoms with van der Waals surface area (Å²) in [5.41, 5.74) is 3.48. The van der Waals surface area contributed by atoms with Crippen molar-refractivity contribution in [2.75, 3.05) is 13.1 Å². The van der Waals surface area contributed by atoms with Crippen LogP contribution in [0.3, 0.4) is 0 Å². The first-order chi connectivity index (χ1) is 10.4. The van der Waals surface area contributed by atoms with Crippen molar-refractivity contribution < 1.29 is 13.2 Å². The molecule has 1 aromatic carbocycles. The summed E-state index contributed by atoms with van der Waals surface area (Å²) in [4.78, 5) is 12.1. The monoisotopic (exact) mass is 325 g/mol. The third-order valence-electron chi connectivity index (χ3n) is 3.30. The van der Waals surface area contributed by atoms with Gasteiger partial charge in [-0.25, -0.2) is 13.8 Å². The topological polar surface area (TPSA) is 78.8 Å². The molecule has 122 valence electrons. The zero-order valence-electron chi connectivity index (χ0n) is 13.5. The Bertz CT molecular complexity index is 650. The average Bonchev–Trinajstić information content (AvgIpc) is 2.53. The first kappa shape index (κ1) is 18.3. The predicted octanol–water partition coefficient (Wildman–Crippen LogP) is 2.23. The lowest BCUT2D eigenvalue weighted by molar-refractivity contribution is 0.0954. The first-order valence-electron chi connectivity index (χ1n) is 7.30. The Hall–Kier alpha value is -1.73. The second kappa shape index (κ2) is 8.05. The fourth-order valence-corrected chi connectivity index (χ4v) is 3.30. The van der Waals surface area contributed by atoms with Crippen LogP contribution in [0.1, 0.15) is 44.5 Å². The number of carbonyl (C=O) groups excluding carboxylic acids is 1. The molecule has 1 aromatic rings. The fraction of sp³-hybridized carbons (Fsp3) is 0.467. The summed E-state index contributed by atoms with van der Waals surface area (Å²) >= 11 is 0. The number of hydrogen-bond donors (Lipinski definition) is 1. The van der Waals surface area contributed by atoms with Gasteiger partial charge in [-0.2, -0.15) is 9.41 Å². The number of sulfonamides is 1. The van der Waals surface area contributed by atoms with E-state index in [0.717, 1.165) is 12.1 Å². The third kappa shape index (κ3) is 4.38. The molecule has 0 saturated heterocycles. The van der Waals surface area contributed by atoms with E-state index in [-0.39, 0.29) is 10.5 Å². The molecule has 0 fully saturated rings. The highest BCUT2D eigenvalue weighted by molar-refractivity contribution is 7.89. The average molecular weight is 325 g/mol. The molecule has 0 bridgehead atoms. The van der Waals surface area contributed by atoms with E-state index in [4.69, 9.17) is 0 Å². The molecule has 1 N–H and O–H groups in total. The molecule has 7 heteroatoms. The minimum Gasteiger partial charge on any atom is -0.267 e. The zero-order valence-corrected chi connectivity index (χ0v) is 14.3. The highest BCUT2D eigenvalue weighted by atomic mass is 32.2. The van der Waals surface area contributed by atoms with E-state index < -0.39 is 15.9 Å². The number of nitrogens with one attached hydrogen (secondary N) is 1. The molecule has 0 aliphatic heterocycles. The Kier molecular flexibility index (Phi) is 6.70. The molecular formula is C15H23N3O3S. The summed E-state index contributed by atoms with van der Waals surface area (Å²) in [7, 11) is -3.58. The SMILES string of the molecule is CC/C(C)=N/NC(=O)c1cccc(S(=O)(=O)N(CC)CC)c1. The molecule has 0 heterocycles. The molecule has 0 spiro atoms. The van der Waals surface area contributed by atoms with Crippen molar-refractivity contribution in [3.63, 3.8) is 0 Å². The minimum atomic E-state index is -3.58. The Labute approximate surface area is 132 Å². The van der Waals surface area contributed by atoms with Crippen LogP contribution in [-0.4, -0.2) is 37.4 Å². The van der Waals surface area contributed by atoms with Gasteiger partial charge in [0.1, 0.15) is 0 Å². The number of hydrazone groups is 1. The van der Waals surface area contributed by atoms with Crippen molar-refractivity contribution in [1.82, 2.24) is 9.73 Å². The first-order valence-corrected chi connectivity index (χ1v) is 8.74. The molecule has 0 atom stereocenters. The van der Waals surface area contributed by atoms with Crippen LogP contribution >= 0.6 is 0 Å². The lowest BCUT2D eigenvalue weighted by atomic mass is 10.2. The van der Waals surface area contributed by atoms with Crippen LogP contribution in [0.2, 0.25) is 0 Å². The van der Waals surface area contributed by atoms with Crippen molar-refractivity contribution in [3.8, 4) is 0 Å². The highest BCUT2D eigenvalue weighted by Crippen LogP contribution is 2.16. The quantitative estimate of drug-likeness (QED) is 0.617. The van der Waals surface area contributed by atoms with Gasteiger partial charge in [0.05, 0.1) is 4.90 Å². The summed E-state index contributed by atoms with van der Waals surface area (Å²) in [6.45, 7) is 8.06. The summed E-state index contributed by atoms with van der Waals surface area (Å²) < 4.78 is 26.2. The van der Waals surface area contributed by atoms with Gasteiger partial charge in [-0.3, -0.25) is 4.79 Å². The maximum absolute atomic E-state index is 12.4. The molecule has 0 aliphatic carbocycles. The smallest absolute Gasteiger partial charge is 0.267 e. The maximum Gasteiger partial charge on any atom is 0.271 e. The standard InChI is InChI=1S/C15H23N3O3S/c1-5-12(4)16-17-15(19)13-9-8-10-14(11-13)22(20,21)18(6-2)7-3/h8-11H,5-7H2,1-4H3,(H,17,19)/b16-12+. The van der Waals surface area contributed by atoms with E-state index >= 15 is 0 Å². The van der Waals surface area contributed by atoms with E-state index in [2.05, 4.69) is 10.5 Å². The van der Waals surface area contributed by atoms with Gasteiger partial charge in [-0.15, -0.1) is 0 Å². The molecule has 22 heavy (non-hydrogen) atoms. The van der Waals surface area contributed by atoms with Crippen LogP contribution in [0.15, 0.2) is 34.3 Å². The van der Waals surface area contributed by atoms with Gasteiger partial charge in [-0.05, 0) is 31.5 Å². The van der Waals surface area contributed by atoms with Gasteiger partial charge in [0.2, 0.25) is 10.0 Å². The number of hydrogen-bond acceptors (Lipinski definition) is 4. The number of nitrogens with zero attached hydrogens (tertiary/aromatic N) is 2. The summed E-state index contributed by atoms with van der Waals surface area (Å²) in [5, 5.41) is 3.94. The Morgan fingerprint density at radius 1 is 1.23 bits per heavy atom. The number of benzene rings is 1. The molecule has 0 saturated carbocycles. The van der Waals surface area contributed by atoms with Crippen LogP contribution in [-0.2, 0) is 10.0 Å². The van der Waals surface area contributed by atoms with E-state index in [1.807, 2.05) is 13.8 Å². The Balaban J connectivity index is 3.07. The summed E-state index contributed by atoms with van der Waals surface area (Å²) in [6.07, 6.45) is 0.733. The van der Waals surface area contributed by atoms with Gasteiger partial charge in [0.15, 0.2) is 0 Å². The van der Waals surface area contributed by atoms with Gasteiger partial charge in [-0.1, -0.05) is 26.8 Å². The second-order valence-corrected chi connectivity index (χ2v) is 6.70. The van der Waals surface area contributed by atoms with Gasteiger partial charge in [0.25, 0.3) is 5.91 Å². The molecule has 0 unspecified atom stereocenters. The summed E-state index contributed by atoms with van der Waals surface area (Å²) in [5.74, 6) is -0.426. The molecule has 6 nitrogen and oxygen atoms in total. The van der Waals surface area contributed by atoms with Crippen molar-refractivity contribution in [1.29, 1.82) is 0 Å². The molecule has 0 radical (unpaired) electrons. The normalized spacial score (nSPS) is 12.5. The fourth-order valence-electron chi connectivity index (χ4n) is 1.80. The molecule has 1 amide bonds. The molecule has 0 aromatic heterocycles. The van der Waals surface area contributed by atoms with Crippen LogP contribution < -0.4 is 5.43 Å². The van der Waals surface area contributed by atoms with Gasteiger partial charge >= 0.3 is 0 Å². The van der Waals surface area contributed by atoms with Crippen molar-refractivity contribution in [2.45, 2.75) is 39.0 Å². The number of rotatable bonds is 7. The van der Waals surface area contributed by atoms with E-state index in [1.54, 1.807) is 26.0 Å². The Morgan fingerprint density at radius 3 is 2.41 bits per heavy atom. The number of amides is 1. The maximum atomic E-state index is 12.4. The van der Waals surface area contributed by atoms with Crippen LogP contribution in [0, 0.1) is 0 Å². The highest BCUT2D eigenvalue weighted by Gasteiger charge is 2.22. The van der Waals surface area contributed by atoms with Crippen LogP contribution in [0.5, 0.6) is 0 Å². The van der Waals surface area contributed by atoms with Crippen molar-refractivity contribution >= 4 is 21.6 Å². The minimum absolute atomic E-state index is 0.111. The van der Waals surface area contributed by atoms with E-state index in [1.165, 1.54) is 16.4 Å². The van der Waals surface area contributed by atoms with Crippen molar-refractivity contribution in [3.05, 3.63) is 29.8 Å². The number of carbonyl (C=O) groups is 1. The molecule has 1 rings (SSSR count). The molecule has 0 aliphatic rings. The van der Waals surface area contributed by atoms with E-state index in [0.29, 0.717) is 13.1 Å². The zero-order chi connectivity index (χ0) is 16.8. The Morgan fingerprint density at radius 2 is 1.86 bits per heavy atom. The predicted molar refractivity (Wildman–Crippen MR) is 87.4 cm³/mol. The largest absolute Gasteiger partial charge is 0.271 e. The van der Waals surface area contributed by atoms with Crippen LogP contribution in [0.25, 0.3) is 0 Å². The lowest BCUT2D eigenvalue weighted by Crippen LogP contribution is -2.30. The third-order valence-corrected chi connectivity index (χ3v) is 5.35. The van der Waals surface area contributed by atoms with Crippen LogP contribution in [0.4, 0.5) is 0 Å². The lowest BCUT2D eigenvalue weighted by Gasteiger charge is -2.18. The second-order valence-electron chi connectivity index (χ2n) is 4.76. The van der Waals surface area contributed by atoms with Crippen molar-refractivity contribution in [2.24, 2.45) is 5.10 Å². The van der Waals surface area contributed by atoms with Gasteiger partial charge in [0, 0.05) is 24.4 Å². The van der Waals surface area contributed by atoms with Gasteiger partial charge < -0.3 is 0 Å². The molecular weight excluding hydrogens is 302 g/mol. The van der Waals surface area contributed by atoms with E-state index in [9.17, 15) is 13.2 Å².